The van der Waals surface area contributed by atoms with E-state index in [0.717, 1.165) is 18.2 Å². The zero-order valence-corrected chi connectivity index (χ0v) is 11.3. The number of sulfonamides is 1. The molecule has 0 aliphatic rings. The van der Waals surface area contributed by atoms with Gasteiger partial charge in [0.1, 0.15) is 6.04 Å². The molecule has 1 rings (SSSR count). The van der Waals surface area contributed by atoms with E-state index >= 15 is 0 Å². The van der Waals surface area contributed by atoms with E-state index in [9.17, 15) is 26.4 Å². The van der Waals surface area contributed by atoms with E-state index < -0.39 is 51.7 Å². The van der Waals surface area contributed by atoms with Crippen molar-refractivity contribution in [1.82, 2.24) is 4.72 Å². The van der Waals surface area contributed by atoms with Gasteiger partial charge in [-0.2, -0.15) is 17.9 Å². The molecule has 0 aromatic heterocycles. The third kappa shape index (κ3) is 4.41. The Labute approximate surface area is 118 Å². The van der Waals surface area contributed by atoms with E-state index in [1.54, 1.807) is 4.72 Å². The number of aliphatic hydroxyl groups is 1. The molecular weight excluding hydrogens is 315 g/mol. The highest BCUT2D eigenvalue weighted by Crippen LogP contribution is 2.33. The Bertz CT molecular complexity index is 615. The summed E-state index contributed by atoms with van der Waals surface area (Å²) in [5, 5.41) is 17.4. The number of benzene rings is 1. The number of carboxylic acids is 1. The van der Waals surface area contributed by atoms with Gasteiger partial charge in [-0.15, -0.1) is 0 Å². The maximum Gasteiger partial charge on any atom is 0.417 e. The van der Waals surface area contributed by atoms with Crippen molar-refractivity contribution >= 4 is 16.0 Å². The van der Waals surface area contributed by atoms with Crippen LogP contribution in [-0.4, -0.2) is 37.2 Å². The standard InChI is InChI=1S/C11H12F3NO5S/c12-11(13,14)7-3-1-2-4-9(7)21(19,20)15-8(5-6-16)10(17)18/h1-4,8,15-16H,5-6H2,(H,17,18)/t8-/m0/s1. The number of carboxylic acid groups (broad SMARTS) is 1. The molecule has 0 aliphatic heterocycles. The molecule has 1 aromatic rings. The highest BCUT2D eigenvalue weighted by Gasteiger charge is 2.37. The first-order valence-electron chi connectivity index (χ1n) is 5.62. The molecule has 21 heavy (non-hydrogen) atoms. The molecule has 0 radical (unpaired) electrons. The van der Waals surface area contributed by atoms with Gasteiger partial charge in [0.25, 0.3) is 0 Å². The second-order valence-electron chi connectivity index (χ2n) is 4.02. The minimum Gasteiger partial charge on any atom is -0.480 e. The number of hydrogen-bond donors (Lipinski definition) is 3. The van der Waals surface area contributed by atoms with Crippen molar-refractivity contribution in [2.24, 2.45) is 0 Å². The van der Waals surface area contributed by atoms with Crippen LogP contribution in [0.3, 0.4) is 0 Å². The fourth-order valence-corrected chi connectivity index (χ4v) is 3.00. The van der Waals surface area contributed by atoms with E-state index in [2.05, 4.69) is 0 Å². The molecule has 0 unspecified atom stereocenters. The number of carbonyl (C=O) groups is 1. The molecule has 0 saturated carbocycles. The lowest BCUT2D eigenvalue weighted by atomic mass is 10.2. The van der Waals surface area contributed by atoms with E-state index in [-0.39, 0.29) is 0 Å². The van der Waals surface area contributed by atoms with Crippen LogP contribution in [0.1, 0.15) is 12.0 Å². The fourth-order valence-electron chi connectivity index (χ4n) is 1.55. The van der Waals surface area contributed by atoms with Crippen LogP contribution >= 0.6 is 0 Å². The van der Waals surface area contributed by atoms with E-state index in [1.165, 1.54) is 0 Å². The first-order valence-corrected chi connectivity index (χ1v) is 7.10. The molecular formula is C11H12F3NO5S. The Morgan fingerprint density at radius 3 is 2.33 bits per heavy atom. The van der Waals surface area contributed by atoms with Crippen LogP contribution in [0.5, 0.6) is 0 Å². The number of rotatable bonds is 6. The van der Waals surface area contributed by atoms with Gasteiger partial charge in [-0.05, 0) is 18.6 Å². The van der Waals surface area contributed by atoms with Crippen molar-refractivity contribution in [3.05, 3.63) is 29.8 Å². The number of aliphatic hydroxyl groups excluding tert-OH is 1. The lowest BCUT2D eigenvalue weighted by Gasteiger charge is -2.17. The Balaban J connectivity index is 3.23. The second kappa shape index (κ2) is 6.41. The normalized spacial score (nSPS) is 13.9. The maximum atomic E-state index is 12.8. The van der Waals surface area contributed by atoms with Gasteiger partial charge in [0.05, 0.1) is 10.5 Å². The third-order valence-corrected chi connectivity index (χ3v) is 4.03. The van der Waals surface area contributed by atoms with Crippen molar-refractivity contribution < 1.29 is 36.6 Å². The first-order chi connectivity index (χ1) is 9.59. The number of hydrogen-bond acceptors (Lipinski definition) is 4. The van der Waals surface area contributed by atoms with E-state index in [0.29, 0.717) is 6.07 Å². The van der Waals surface area contributed by atoms with Crippen LogP contribution in [0.4, 0.5) is 13.2 Å². The summed E-state index contributed by atoms with van der Waals surface area (Å²) in [4.78, 5) is 9.75. The van der Waals surface area contributed by atoms with Crippen LogP contribution in [-0.2, 0) is 21.0 Å². The summed E-state index contributed by atoms with van der Waals surface area (Å²) in [5.74, 6) is -1.60. The van der Waals surface area contributed by atoms with Gasteiger partial charge >= 0.3 is 12.1 Å². The summed E-state index contributed by atoms with van der Waals surface area (Å²) in [6.07, 6.45) is -5.37. The van der Waals surface area contributed by atoms with Gasteiger partial charge < -0.3 is 10.2 Å². The van der Waals surface area contributed by atoms with E-state index in [4.69, 9.17) is 10.2 Å². The Hall–Kier alpha value is -1.65. The van der Waals surface area contributed by atoms with Gasteiger partial charge in [-0.3, -0.25) is 4.79 Å². The molecule has 6 nitrogen and oxygen atoms in total. The zero-order valence-electron chi connectivity index (χ0n) is 10.5. The second-order valence-corrected chi connectivity index (χ2v) is 5.70. The van der Waals surface area contributed by atoms with Crippen molar-refractivity contribution in [1.29, 1.82) is 0 Å². The minimum atomic E-state index is -4.90. The maximum absolute atomic E-state index is 12.8. The van der Waals surface area contributed by atoms with Gasteiger partial charge in [-0.1, -0.05) is 12.1 Å². The van der Waals surface area contributed by atoms with Crippen molar-refractivity contribution in [2.45, 2.75) is 23.5 Å². The van der Waals surface area contributed by atoms with Crippen LogP contribution in [0.15, 0.2) is 29.2 Å². The molecule has 0 heterocycles. The average Bonchev–Trinajstić information content (AvgIpc) is 2.37. The third-order valence-electron chi connectivity index (χ3n) is 2.50. The summed E-state index contributed by atoms with van der Waals surface area (Å²) < 4.78 is 63.8. The number of alkyl halides is 3. The summed E-state index contributed by atoms with van der Waals surface area (Å²) in [6.45, 7) is -0.638. The van der Waals surface area contributed by atoms with Gasteiger partial charge in [-0.25, -0.2) is 8.42 Å². The number of halogens is 3. The van der Waals surface area contributed by atoms with Crippen molar-refractivity contribution in [3.8, 4) is 0 Å². The SMILES string of the molecule is O=C(O)[C@H](CCO)NS(=O)(=O)c1ccccc1C(F)(F)F. The predicted octanol–water partition coefficient (Wildman–Crippen LogP) is 0.819. The lowest BCUT2D eigenvalue weighted by Crippen LogP contribution is -2.41. The summed E-state index contributed by atoms with van der Waals surface area (Å²) in [6, 6.07) is 1.69. The summed E-state index contributed by atoms with van der Waals surface area (Å²) >= 11 is 0. The van der Waals surface area contributed by atoms with Crippen LogP contribution in [0, 0.1) is 0 Å². The Morgan fingerprint density at radius 2 is 1.86 bits per heavy atom. The molecule has 0 fully saturated rings. The van der Waals surface area contributed by atoms with Crippen molar-refractivity contribution in [3.63, 3.8) is 0 Å². The minimum absolute atomic E-state index is 0.469. The van der Waals surface area contributed by atoms with Gasteiger partial charge in [0.2, 0.25) is 10.0 Å². The fraction of sp³-hybridized carbons (Fsp3) is 0.364. The highest BCUT2D eigenvalue weighted by atomic mass is 32.2. The van der Waals surface area contributed by atoms with Crippen LogP contribution in [0.2, 0.25) is 0 Å². The molecule has 3 N–H and O–H groups in total. The summed E-state index contributed by atoms with van der Waals surface area (Å²) in [5.41, 5.74) is -1.40. The van der Waals surface area contributed by atoms with Crippen LogP contribution < -0.4 is 4.72 Å². The topological polar surface area (TPSA) is 104 Å². The number of nitrogens with one attached hydrogen (secondary N) is 1. The molecule has 1 aromatic carbocycles. The largest absolute Gasteiger partial charge is 0.480 e. The molecule has 0 aliphatic carbocycles. The number of aliphatic carboxylic acids is 1. The Morgan fingerprint density at radius 1 is 1.29 bits per heavy atom. The highest BCUT2D eigenvalue weighted by molar-refractivity contribution is 7.89. The Kier molecular flexibility index (Phi) is 5.31. The monoisotopic (exact) mass is 327 g/mol. The van der Waals surface area contributed by atoms with Crippen LogP contribution in [0.25, 0.3) is 0 Å². The molecule has 1 atom stereocenters. The summed E-state index contributed by atoms with van der Waals surface area (Å²) in [7, 11) is -4.70. The van der Waals surface area contributed by atoms with Crippen molar-refractivity contribution in [2.75, 3.05) is 6.61 Å². The first kappa shape index (κ1) is 17.4. The van der Waals surface area contributed by atoms with E-state index in [1.807, 2.05) is 0 Å². The molecule has 0 spiro atoms. The lowest BCUT2D eigenvalue weighted by molar-refractivity contribution is -0.140. The molecule has 118 valence electrons. The smallest absolute Gasteiger partial charge is 0.417 e. The quantitative estimate of drug-likeness (QED) is 0.718. The predicted molar refractivity (Wildman–Crippen MR) is 64.9 cm³/mol. The molecule has 0 amide bonds. The average molecular weight is 327 g/mol. The molecule has 0 saturated heterocycles. The zero-order chi connectivity index (χ0) is 16.3. The molecule has 0 bridgehead atoms. The van der Waals surface area contributed by atoms with Gasteiger partial charge in [0, 0.05) is 6.61 Å². The molecule has 10 heteroatoms. The van der Waals surface area contributed by atoms with Gasteiger partial charge in [0.15, 0.2) is 0 Å².